The van der Waals surface area contributed by atoms with Gasteiger partial charge in [-0.1, -0.05) is 25.0 Å². The second kappa shape index (κ2) is 5.01. The zero-order valence-electron chi connectivity index (χ0n) is 9.28. The van der Waals surface area contributed by atoms with Gasteiger partial charge in [0.1, 0.15) is 0 Å². The Morgan fingerprint density at radius 2 is 2.12 bits per heavy atom. The van der Waals surface area contributed by atoms with Gasteiger partial charge in [0, 0.05) is 11.7 Å². The molecule has 1 aliphatic carbocycles. The minimum Gasteiger partial charge on any atom is -0.481 e. The number of hydrogen-bond acceptors (Lipinski definition) is 2. The number of rotatable bonds is 4. The maximum absolute atomic E-state index is 10.6. The minimum atomic E-state index is -0.780. The molecule has 0 aliphatic heterocycles. The molecule has 0 heterocycles. The first kappa shape index (κ1) is 11.0. The van der Waals surface area contributed by atoms with E-state index in [0.717, 1.165) is 11.3 Å². The van der Waals surface area contributed by atoms with Crippen LogP contribution in [0.2, 0.25) is 0 Å². The van der Waals surface area contributed by atoms with E-state index in [1.54, 1.807) is 0 Å². The second-order valence-electron chi connectivity index (χ2n) is 4.40. The molecule has 1 aromatic rings. The Morgan fingerprint density at radius 1 is 1.38 bits per heavy atom. The summed E-state index contributed by atoms with van der Waals surface area (Å²) in [6, 6.07) is 8.28. The van der Waals surface area contributed by atoms with E-state index in [9.17, 15) is 4.79 Å². The zero-order valence-corrected chi connectivity index (χ0v) is 9.28. The van der Waals surface area contributed by atoms with Gasteiger partial charge in [-0.25, -0.2) is 0 Å². The van der Waals surface area contributed by atoms with Crippen LogP contribution < -0.4 is 5.32 Å². The molecule has 1 saturated carbocycles. The van der Waals surface area contributed by atoms with Crippen LogP contribution in [-0.2, 0) is 11.2 Å². The van der Waals surface area contributed by atoms with E-state index in [-0.39, 0.29) is 6.42 Å². The van der Waals surface area contributed by atoms with E-state index >= 15 is 0 Å². The third-order valence-corrected chi connectivity index (χ3v) is 3.01. The molecule has 1 fully saturated rings. The summed E-state index contributed by atoms with van der Waals surface area (Å²) in [5.41, 5.74) is 1.90. The van der Waals surface area contributed by atoms with Crippen LogP contribution in [0.15, 0.2) is 24.3 Å². The topological polar surface area (TPSA) is 49.3 Å². The fourth-order valence-corrected chi connectivity index (χ4v) is 2.25. The summed E-state index contributed by atoms with van der Waals surface area (Å²) in [6.45, 7) is 0. The average molecular weight is 219 g/mol. The fraction of sp³-hybridized carbons (Fsp3) is 0.462. The third-order valence-electron chi connectivity index (χ3n) is 3.01. The van der Waals surface area contributed by atoms with Gasteiger partial charge in [0.05, 0.1) is 6.42 Å². The fourth-order valence-electron chi connectivity index (χ4n) is 2.25. The van der Waals surface area contributed by atoms with Crippen molar-refractivity contribution in [3.63, 3.8) is 0 Å². The van der Waals surface area contributed by atoms with Crippen LogP contribution in [0, 0.1) is 0 Å². The highest BCUT2D eigenvalue weighted by atomic mass is 16.4. The molecule has 86 valence electrons. The quantitative estimate of drug-likeness (QED) is 0.818. The number of carboxylic acids is 1. The molecular formula is C13H17NO2. The van der Waals surface area contributed by atoms with E-state index in [2.05, 4.69) is 5.32 Å². The maximum atomic E-state index is 10.6. The molecule has 0 radical (unpaired) electrons. The van der Waals surface area contributed by atoms with Gasteiger partial charge in [-0.15, -0.1) is 0 Å². The van der Waals surface area contributed by atoms with Gasteiger partial charge in [-0.2, -0.15) is 0 Å². The molecular weight excluding hydrogens is 202 g/mol. The Balaban J connectivity index is 2.00. The maximum Gasteiger partial charge on any atom is 0.307 e. The van der Waals surface area contributed by atoms with Crippen LogP contribution in [0.3, 0.4) is 0 Å². The predicted octanol–water partition coefficient (Wildman–Crippen LogP) is 2.67. The summed E-state index contributed by atoms with van der Waals surface area (Å²) < 4.78 is 0. The van der Waals surface area contributed by atoms with Gasteiger partial charge in [0.15, 0.2) is 0 Å². The lowest BCUT2D eigenvalue weighted by atomic mass is 10.1. The Hall–Kier alpha value is -1.51. The van der Waals surface area contributed by atoms with E-state index in [1.807, 2.05) is 24.3 Å². The van der Waals surface area contributed by atoms with Gasteiger partial charge in [-0.3, -0.25) is 4.79 Å². The zero-order chi connectivity index (χ0) is 11.4. The Kier molecular flexibility index (Phi) is 3.44. The number of carbonyl (C=O) groups is 1. The second-order valence-corrected chi connectivity index (χ2v) is 4.40. The summed E-state index contributed by atoms with van der Waals surface area (Å²) in [6.07, 6.45) is 5.14. The average Bonchev–Trinajstić information content (AvgIpc) is 2.70. The number of nitrogens with one attached hydrogen (secondary N) is 1. The van der Waals surface area contributed by atoms with Crippen LogP contribution in [0.1, 0.15) is 31.2 Å². The largest absolute Gasteiger partial charge is 0.481 e. The molecule has 3 heteroatoms. The van der Waals surface area contributed by atoms with Crippen molar-refractivity contribution in [2.45, 2.75) is 38.1 Å². The van der Waals surface area contributed by atoms with Gasteiger partial charge in [0.25, 0.3) is 0 Å². The van der Waals surface area contributed by atoms with Gasteiger partial charge in [0.2, 0.25) is 0 Å². The number of carboxylic acid groups (broad SMARTS) is 1. The molecule has 0 bridgehead atoms. The van der Waals surface area contributed by atoms with Crippen molar-refractivity contribution in [2.24, 2.45) is 0 Å². The van der Waals surface area contributed by atoms with Crippen molar-refractivity contribution in [1.29, 1.82) is 0 Å². The van der Waals surface area contributed by atoms with Crippen LogP contribution in [0.25, 0.3) is 0 Å². The lowest BCUT2D eigenvalue weighted by Crippen LogP contribution is -2.14. The summed E-state index contributed by atoms with van der Waals surface area (Å²) in [5.74, 6) is -0.780. The number of hydrogen-bond donors (Lipinski definition) is 2. The highest BCUT2D eigenvalue weighted by Crippen LogP contribution is 2.22. The predicted molar refractivity (Wildman–Crippen MR) is 63.7 cm³/mol. The lowest BCUT2D eigenvalue weighted by Gasteiger charge is -2.13. The molecule has 2 rings (SSSR count). The third kappa shape index (κ3) is 2.99. The smallest absolute Gasteiger partial charge is 0.307 e. The minimum absolute atomic E-state index is 0.0974. The van der Waals surface area contributed by atoms with Crippen LogP contribution >= 0.6 is 0 Å². The van der Waals surface area contributed by atoms with Crippen molar-refractivity contribution in [3.8, 4) is 0 Å². The normalized spacial score (nSPS) is 16.2. The molecule has 2 N–H and O–H groups in total. The van der Waals surface area contributed by atoms with E-state index in [0.29, 0.717) is 6.04 Å². The van der Waals surface area contributed by atoms with Gasteiger partial charge in [-0.05, 0) is 30.5 Å². The van der Waals surface area contributed by atoms with E-state index in [4.69, 9.17) is 5.11 Å². The number of aliphatic carboxylic acids is 1. The molecule has 0 atom stereocenters. The summed E-state index contributed by atoms with van der Waals surface area (Å²) in [4.78, 5) is 10.6. The lowest BCUT2D eigenvalue weighted by molar-refractivity contribution is -0.136. The number of anilines is 1. The molecule has 0 unspecified atom stereocenters. The summed E-state index contributed by atoms with van der Waals surface area (Å²) >= 11 is 0. The molecule has 16 heavy (non-hydrogen) atoms. The summed E-state index contributed by atoms with van der Waals surface area (Å²) in [5, 5.41) is 12.2. The Labute approximate surface area is 95.5 Å². The van der Waals surface area contributed by atoms with Crippen molar-refractivity contribution in [2.75, 3.05) is 5.32 Å². The molecule has 0 aromatic heterocycles. The highest BCUT2D eigenvalue weighted by Gasteiger charge is 2.14. The molecule has 1 aromatic carbocycles. The number of benzene rings is 1. The molecule has 0 spiro atoms. The van der Waals surface area contributed by atoms with E-state index < -0.39 is 5.97 Å². The van der Waals surface area contributed by atoms with Crippen LogP contribution in [0.4, 0.5) is 5.69 Å². The standard InChI is InChI=1S/C13H17NO2/c15-13(16)9-10-4-3-7-12(8-10)14-11-5-1-2-6-11/h3-4,7-8,11,14H,1-2,5-6,9H2,(H,15,16). The highest BCUT2D eigenvalue weighted by molar-refractivity contribution is 5.70. The van der Waals surface area contributed by atoms with Gasteiger partial charge < -0.3 is 10.4 Å². The summed E-state index contributed by atoms with van der Waals surface area (Å²) in [7, 11) is 0. The Morgan fingerprint density at radius 3 is 2.81 bits per heavy atom. The molecule has 1 aliphatic rings. The first-order chi connectivity index (χ1) is 7.74. The molecule has 0 amide bonds. The van der Waals surface area contributed by atoms with Crippen molar-refractivity contribution >= 4 is 11.7 Å². The molecule has 3 nitrogen and oxygen atoms in total. The van der Waals surface area contributed by atoms with Crippen LogP contribution in [0.5, 0.6) is 0 Å². The van der Waals surface area contributed by atoms with Gasteiger partial charge >= 0.3 is 5.97 Å². The van der Waals surface area contributed by atoms with E-state index in [1.165, 1.54) is 25.7 Å². The van der Waals surface area contributed by atoms with Crippen LogP contribution in [-0.4, -0.2) is 17.1 Å². The monoisotopic (exact) mass is 219 g/mol. The first-order valence-electron chi connectivity index (χ1n) is 5.81. The van der Waals surface area contributed by atoms with Crippen molar-refractivity contribution in [1.82, 2.24) is 0 Å². The SMILES string of the molecule is O=C(O)Cc1cccc(NC2CCCC2)c1. The van der Waals surface area contributed by atoms with Crippen molar-refractivity contribution < 1.29 is 9.90 Å². The van der Waals surface area contributed by atoms with Crippen molar-refractivity contribution in [3.05, 3.63) is 29.8 Å². The molecule has 0 saturated heterocycles. The first-order valence-corrected chi connectivity index (χ1v) is 5.81. The Bertz CT molecular complexity index is 370.